The van der Waals surface area contributed by atoms with Crippen molar-refractivity contribution in [3.05, 3.63) is 0 Å². The monoisotopic (exact) mass is 170 g/mol. The fourth-order valence-electron chi connectivity index (χ4n) is 1.96. The van der Waals surface area contributed by atoms with E-state index < -0.39 is 0 Å². The lowest BCUT2D eigenvalue weighted by Gasteiger charge is -2.27. The molecule has 2 saturated heterocycles. The van der Waals surface area contributed by atoms with Gasteiger partial charge in [0, 0.05) is 13.1 Å². The number of ether oxygens (including phenoxy) is 1. The Bertz CT molecular complexity index is 195. The topological polar surface area (TPSA) is 41.6 Å². The van der Waals surface area contributed by atoms with Gasteiger partial charge in [-0.05, 0) is 19.9 Å². The third-order valence-electron chi connectivity index (χ3n) is 2.62. The number of fused-ring (bicyclic) bond motifs is 1. The Kier molecular flexibility index (Phi) is 1.92. The van der Waals surface area contributed by atoms with E-state index in [1.165, 1.54) is 0 Å². The maximum atomic E-state index is 11.2. The predicted octanol–water partition coefficient (Wildman–Crippen LogP) is 0.189. The van der Waals surface area contributed by atoms with Crippen LogP contribution >= 0.6 is 0 Å². The smallest absolute Gasteiger partial charge is 0.410 e. The molecule has 2 atom stereocenters. The Morgan fingerprint density at radius 1 is 1.75 bits per heavy atom. The Labute approximate surface area is 71.9 Å². The second kappa shape index (κ2) is 2.94. The van der Waals surface area contributed by atoms with Gasteiger partial charge < -0.3 is 15.0 Å². The minimum atomic E-state index is -0.142. The second-order valence-corrected chi connectivity index (χ2v) is 3.27. The lowest BCUT2D eigenvalue weighted by molar-refractivity contribution is 0.117. The average molecular weight is 170 g/mol. The van der Waals surface area contributed by atoms with Crippen molar-refractivity contribution in [3.8, 4) is 0 Å². The molecule has 1 N–H and O–H groups in total. The van der Waals surface area contributed by atoms with Crippen molar-refractivity contribution >= 4 is 6.09 Å². The summed E-state index contributed by atoms with van der Waals surface area (Å²) in [5.74, 6) is 0. The Balaban J connectivity index is 2.10. The number of nitrogens with one attached hydrogen (secondary N) is 1. The van der Waals surface area contributed by atoms with E-state index in [2.05, 4.69) is 5.32 Å². The van der Waals surface area contributed by atoms with Gasteiger partial charge >= 0.3 is 6.09 Å². The zero-order valence-electron chi connectivity index (χ0n) is 7.25. The van der Waals surface area contributed by atoms with Crippen LogP contribution < -0.4 is 5.32 Å². The van der Waals surface area contributed by atoms with Crippen LogP contribution in [0.5, 0.6) is 0 Å². The molecule has 0 aliphatic carbocycles. The number of nitrogens with zero attached hydrogens (tertiary/aromatic N) is 1. The molecule has 2 rings (SSSR count). The molecular formula is C8H14N2O2. The summed E-state index contributed by atoms with van der Waals surface area (Å²) in [5.41, 5.74) is 0. The molecule has 2 aliphatic heterocycles. The van der Waals surface area contributed by atoms with E-state index in [4.69, 9.17) is 4.74 Å². The zero-order chi connectivity index (χ0) is 8.55. The number of amides is 1. The summed E-state index contributed by atoms with van der Waals surface area (Å²) < 4.78 is 5.22. The van der Waals surface area contributed by atoms with E-state index in [-0.39, 0.29) is 18.2 Å². The van der Waals surface area contributed by atoms with Crippen LogP contribution in [0, 0.1) is 0 Å². The molecule has 2 heterocycles. The number of rotatable bonds is 1. The van der Waals surface area contributed by atoms with Crippen LogP contribution in [0.3, 0.4) is 0 Å². The number of carbonyl (C=O) groups is 1. The van der Waals surface area contributed by atoms with Crippen molar-refractivity contribution in [2.45, 2.75) is 25.5 Å². The molecule has 68 valence electrons. The lowest BCUT2D eigenvalue weighted by Crippen LogP contribution is -2.48. The molecule has 2 aliphatic rings. The fourth-order valence-corrected chi connectivity index (χ4v) is 1.96. The highest BCUT2D eigenvalue weighted by Crippen LogP contribution is 2.22. The summed E-state index contributed by atoms with van der Waals surface area (Å²) >= 11 is 0. The minimum absolute atomic E-state index is 0.138. The number of piperidine rings is 1. The molecule has 4 heteroatoms. The molecule has 0 saturated carbocycles. The molecule has 1 amide bonds. The quantitative estimate of drug-likeness (QED) is 0.610. The first-order valence-electron chi connectivity index (χ1n) is 4.51. The average Bonchev–Trinajstić information content (AvgIpc) is 2.40. The van der Waals surface area contributed by atoms with Crippen molar-refractivity contribution in [1.82, 2.24) is 10.2 Å². The number of likely N-dealkylation sites (N-methyl/N-ethyl adjacent to an activating group) is 1. The number of hydrogen-bond donors (Lipinski definition) is 1. The zero-order valence-corrected chi connectivity index (χ0v) is 7.25. The van der Waals surface area contributed by atoms with Crippen LogP contribution in [-0.2, 0) is 4.74 Å². The first-order valence-corrected chi connectivity index (χ1v) is 4.51. The Hall–Kier alpha value is -0.770. The Morgan fingerprint density at radius 2 is 2.58 bits per heavy atom. The molecule has 0 aromatic rings. The SMILES string of the molecule is CCN1C(=O)OC2CCNCC21. The minimum Gasteiger partial charge on any atom is -0.444 e. The van der Waals surface area contributed by atoms with E-state index in [1.54, 1.807) is 4.90 Å². The predicted molar refractivity (Wildman–Crippen MR) is 43.9 cm³/mol. The molecule has 4 nitrogen and oxygen atoms in total. The maximum absolute atomic E-state index is 11.2. The van der Waals surface area contributed by atoms with Gasteiger partial charge in [0.25, 0.3) is 0 Å². The molecular weight excluding hydrogens is 156 g/mol. The molecule has 0 aromatic heterocycles. The fraction of sp³-hybridized carbons (Fsp3) is 0.875. The van der Waals surface area contributed by atoms with Gasteiger partial charge in [0.15, 0.2) is 0 Å². The summed E-state index contributed by atoms with van der Waals surface area (Å²) in [6.07, 6.45) is 0.947. The van der Waals surface area contributed by atoms with Crippen LogP contribution in [0.15, 0.2) is 0 Å². The molecule has 0 spiro atoms. The standard InChI is InChI=1S/C8H14N2O2/c1-2-10-6-5-9-4-3-7(6)12-8(10)11/h6-7,9H,2-5H2,1H3. The number of carbonyl (C=O) groups excluding carboxylic acids is 1. The third kappa shape index (κ3) is 1.06. The van der Waals surface area contributed by atoms with Crippen LogP contribution in [-0.4, -0.2) is 42.8 Å². The summed E-state index contributed by atoms with van der Waals surface area (Å²) in [7, 11) is 0. The highest BCUT2D eigenvalue weighted by Gasteiger charge is 2.41. The third-order valence-corrected chi connectivity index (χ3v) is 2.62. The highest BCUT2D eigenvalue weighted by molar-refractivity contribution is 5.70. The lowest BCUT2D eigenvalue weighted by atomic mass is 10.0. The van der Waals surface area contributed by atoms with Crippen LogP contribution in [0.2, 0.25) is 0 Å². The molecule has 0 aromatic carbocycles. The van der Waals surface area contributed by atoms with Gasteiger partial charge in [-0.15, -0.1) is 0 Å². The summed E-state index contributed by atoms with van der Waals surface area (Å²) in [4.78, 5) is 13.1. The van der Waals surface area contributed by atoms with E-state index in [9.17, 15) is 4.79 Å². The van der Waals surface area contributed by atoms with E-state index >= 15 is 0 Å². The molecule has 12 heavy (non-hydrogen) atoms. The highest BCUT2D eigenvalue weighted by atomic mass is 16.6. The van der Waals surface area contributed by atoms with Gasteiger partial charge in [-0.3, -0.25) is 0 Å². The van der Waals surface area contributed by atoms with Crippen LogP contribution in [0.4, 0.5) is 4.79 Å². The van der Waals surface area contributed by atoms with Gasteiger partial charge in [-0.1, -0.05) is 0 Å². The normalized spacial score (nSPS) is 34.8. The first kappa shape index (κ1) is 7.86. The van der Waals surface area contributed by atoms with E-state index in [0.29, 0.717) is 0 Å². The largest absolute Gasteiger partial charge is 0.444 e. The maximum Gasteiger partial charge on any atom is 0.410 e. The van der Waals surface area contributed by atoms with Gasteiger partial charge in [-0.2, -0.15) is 0 Å². The summed E-state index contributed by atoms with van der Waals surface area (Å²) in [6.45, 7) is 4.58. The van der Waals surface area contributed by atoms with E-state index in [0.717, 1.165) is 26.1 Å². The van der Waals surface area contributed by atoms with Crippen LogP contribution in [0.25, 0.3) is 0 Å². The summed E-state index contributed by atoms with van der Waals surface area (Å²) in [6, 6.07) is 0.274. The summed E-state index contributed by atoms with van der Waals surface area (Å²) in [5, 5.41) is 3.27. The van der Waals surface area contributed by atoms with E-state index in [1.807, 2.05) is 6.92 Å². The first-order chi connectivity index (χ1) is 5.83. The van der Waals surface area contributed by atoms with Gasteiger partial charge in [0.1, 0.15) is 6.10 Å². The van der Waals surface area contributed by atoms with Gasteiger partial charge in [0.05, 0.1) is 6.04 Å². The van der Waals surface area contributed by atoms with Gasteiger partial charge in [-0.25, -0.2) is 4.79 Å². The Morgan fingerprint density at radius 3 is 3.33 bits per heavy atom. The van der Waals surface area contributed by atoms with Crippen molar-refractivity contribution in [3.63, 3.8) is 0 Å². The van der Waals surface area contributed by atoms with Gasteiger partial charge in [0.2, 0.25) is 0 Å². The second-order valence-electron chi connectivity index (χ2n) is 3.27. The molecule has 2 fully saturated rings. The van der Waals surface area contributed by atoms with Crippen molar-refractivity contribution in [2.24, 2.45) is 0 Å². The molecule has 0 radical (unpaired) electrons. The van der Waals surface area contributed by atoms with Crippen molar-refractivity contribution in [2.75, 3.05) is 19.6 Å². The van der Waals surface area contributed by atoms with Crippen LogP contribution in [0.1, 0.15) is 13.3 Å². The molecule has 2 unspecified atom stereocenters. The molecule has 0 bridgehead atoms. The number of hydrogen-bond acceptors (Lipinski definition) is 3. The van der Waals surface area contributed by atoms with Crippen molar-refractivity contribution in [1.29, 1.82) is 0 Å². The van der Waals surface area contributed by atoms with Crippen molar-refractivity contribution < 1.29 is 9.53 Å².